The van der Waals surface area contributed by atoms with E-state index in [1.807, 2.05) is 36.4 Å². The average molecular weight is 352 g/mol. The Hall–Kier alpha value is -3.19. The lowest BCUT2D eigenvalue weighted by Gasteiger charge is -2.11. The standard InChI is InChI=1S/C17H14ClN7/c18-14-10-13(20-16-8-9-17-21-23-24-25(17)22-16)6-7-15(14)19-11-12-4-2-1-3-5-12/h1-10,19H,11H2,(H,20,22). The molecule has 4 rings (SSSR count). The number of fused-ring (bicyclic) bond motifs is 1. The summed E-state index contributed by atoms with van der Waals surface area (Å²) in [4.78, 5) is 0. The van der Waals surface area contributed by atoms with Crippen LogP contribution in [0.3, 0.4) is 0 Å². The van der Waals surface area contributed by atoms with E-state index in [0.717, 1.165) is 11.4 Å². The molecule has 0 aliphatic carbocycles. The summed E-state index contributed by atoms with van der Waals surface area (Å²) < 4.78 is 1.36. The number of rotatable bonds is 5. The molecule has 0 fully saturated rings. The van der Waals surface area contributed by atoms with E-state index in [-0.39, 0.29) is 0 Å². The summed E-state index contributed by atoms with van der Waals surface area (Å²) in [5, 5.41) is 22.6. The zero-order chi connectivity index (χ0) is 17.1. The first kappa shape index (κ1) is 15.3. The quantitative estimate of drug-likeness (QED) is 0.572. The van der Waals surface area contributed by atoms with Crippen LogP contribution in [-0.2, 0) is 6.54 Å². The monoisotopic (exact) mass is 351 g/mol. The maximum Gasteiger partial charge on any atom is 0.200 e. The minimum Gasteiger partial charge on any atom is -0.380 e. The minimum atomic E-state index is 0.587. The van der Waals surface area contributed by atoms with Crippen LogP contribution in [-0.4, -0.2) is 25.3 Å². The Morgan fingerprint density at radius 2 is 1.88 bits per heavy atom. The number of nitrogens with zero attached hydrogens (tertiary/aromatic N) is 5. The average Bonchev–Trinajstić information content (AvgIpc) is 3.10. The van der Waals surface area contributed by atoms with Crippen LogP contribution in [0.5, 0.6) is 0 Å². The highest BCUT2D eigenvalue weighted by Crippen LogP contribution is 2.27. The van der Waals surface area contributed by atoms with Crippen LogP contribution in [0.4, 0.5) is 17.2 Å². The molecule has 25 heavy (non-hydrogen) atoms. The molecule has 0 saturated carbocycles. The number of nitrogens with one attached hydrogen (secondary N) is 2. The second kappa shape index (κ2) is 6.74. The van der Waals surface area contributed by atoms with Crippen molar-refractivity contribution in [3.8, 4) is 0 Å². The van der Waals surface area contributed by atoms with Gasteiger partial charge in [0.2, 0.25) is 0 Å². The summed E-state index contributed by atoms with van der Waals surface area (Å²) >= 11 is 6.38. The van der Waals surface area contributed by atoms with Gasteiger partial charge in [-0.15, -0.1) is 14.8 Å². The highest BCUT2D eigenvalue weighted by Gasteiger charge is 2.05. The van der Waals surface area contributed by atoms with E-state index in [9.17, 15) is 0 Å². The summed E-state index contributed by atoms with van der Waals surface area (Å²) in [6.45, 7) is 0.713. The van der Waals surface area contributed by atoms with Gasteiger partial charge in [0.15, 0.2) is 11.5 Å². The highest BCUT2D eigenvalue weighted by atomic mass is 35.5. The van der Waals surface area contributed by atoms with Crippen LogP contribution in [0, 0.1) is 0 Å². The van der Waals surface area contributed by atoms with Crippen molar-refractivity contribution in [3.63, 3.8) is 0 Å². The largest absolute Gasteiger partial charge is 0.380 e. The zero-order valence-corrected chi connectivity index (χ0v) is 13.9. The molecule has 124 valence electrons. The topological polar surface area (TPSA) is 80.0 Å². The predicted molar refractivity (Wildman–Crippen MR) is 97.1 cm³/mol. The first-order valence-electron chi connectivity index (χ1n) is 7.68. The van der Waals surface area contributed by atoms with Gasteiger partial charge in [-0.1, -0.05) is 41.9 Å². The normalized spacial score (nSPS) is 10.8. The molecule has 0 unspecified atom stereocenters. The van der Waals surface area contributed by atoms with E-state index in [2.05, 4.69) is 43.4 Å². The molecule has 7 nitrogen and oxygen atoms in total. The molecule has 2 aromatic carbocycles. The van der Waals surface area contributed by atoms with E-state index in [1.54, 1.807) is 12.1 Å². The molecular weight excluding hydrogens is 338 g/mol. The molecule has 0 atom stereocenters. The molecule has 0 saturated heterocycles. The van der Waals surface area contributed by atoms with Gasteiger partial charge in [-0.05, 0) is 46.3 Å². The van der Waals surface area contributed by atoms with E-state index in [4.69, 9.17) is 11.6 Å². The Kier molecular flexibility index (Phi) is 4.14. The first-order chi connectivity index (χ1) is 12.3. The molecule has 2 heterocycles. The van der Waals surface area contributed by atoms with Crippen LogP contribution in [0.2, 0.25) is 5.02 Å². The maximum absolute atomic E-state index is 6.38. The molecule has 4 aromatic rings. The molecule has 0 radical (unpaired) electrons. The summed E-state index contributed by atoms with van der Waals surface area (Å²) in [6.07, 6.45) is 0. The molecule has 2 N–H and O–H groups in total. The summed E-state index contributed by atoms with van der Waals surface area (Å²) in [6, 6.07) is 19.5. The van der Waals surface area contributed by atoms with Crippen molar-refractivity contribution in [1.29, 1.82) is 0 Å². The van der Waals surface area contributed by atoms with Crippen LogP contribution in [0.1, 0.15) is 5.56 Å². The Labute approximate surface area is 148 Å². The van der Waals surface area contributed by atoms with Gasteiger partial charge < -0.3 is 10.6 Å². The van der Waals surface area contributed by atoms with Crippen LogP contribution in [0.25, 0.3) is 5.65 Å². The maximum atomic E-state index is 6.38. The fraction of sp³-hybridized carbons (Fsp3) is 0.0588. The van der Waals surface area contributed by atoms with Gasteiger partial charge in [-0.2, -0.15) is 0 Å². The Balaban J connectivity index is 1.47. The van der Waals surface area contributed by atoms with Gasteiger partial charge in [0, 0.05) is 12.2 Å². The first-order valence-corrected chi connectivity index (χ1v) is 8.05. The predicted octanol–water partition coefficient (Wildman–Crippen LogP) is 3.53. The third-order valence-corrected chi connectivity index (χ3v) is 3.95. The van der Waals surface area contributed by atoms with Crippen molar-refractivity contribution in [1.82, 2.24) is 25.3 Å². The van der Waals surface area contributed by atoms with Gasteiger partial charge in [-0.25, -0.2) is 0 Å². The smallest absolute Gasteiger partial charge is 0.200 e. The van der Waals surface area contributed by atoms with Gasteiger partial charge in [0.1, 0.15) is 0 Å². The van der Waals surface area contributed by atoms with E-state index >= 15 is 0 Å². The summed E-state index contributed by atoms with van der Waals surface area (Å²) in [7, 11) is 0. The third kappa shape index (κ3) is 3.51. The van der Waals surface area contributed by atoms with Crippen molar-refractivity contribution in [2.75, 3.05) is 10.6 Å². The molecule has 8 heteroatoms. The van der Waals surface area contributed by atoms with Gasteiger partial charge in [0.05, 0.1) is 10.7 Å². The van der Waals surface area contributed by atoms with Crippen molar-refractivity contribution < 1.29 is 0 Å². The molecule has 2 aromatic heterocycles. The lowest BCUT2D eigenvalue weighted by molar-refractivity contribution is 0.736. The van der Waals surface area contributed by atoms with Crippen LogP contribution in [0.15, 0.2) is 60.7 Å². The number of hydrogen-bond donors (Lipinski definition) is 2. The molecule has 0 amide bonds. The fourth-order valence-corrected chi connectivity index (χ4v) is 2.64. The molecular formula is C17H14ClN7. The van der Waals surface area contributed by atoms with Crippen molar-refractivity contribution in [2.24, 2.45) is 0 Å². The highest BCUT2D eigenvalue weighted by molar-refractivity contribution is 6.33. The Morgan fingerprint density at radius 1 is 1.00 bits per heavy atom. The number of anilines is 3. The fourth-order valence-electron chi connectivity index (χ4n) is 2.39. The van der Waals surface area contributed by atoms with E-state index < -0.39 is 0 Å². The van der Waals surface area contributed by atoms with Gasteiger partial charge >= 0.3 is 0 Å². The number of hydrogen-bond acceptors (Lipinski definition) is 6. The van der Waals surface area contributed by atoms with Crippen LogP contribution < -0.4 is 10.6 Å². The lowest BCUT2D eigenvalue weighted by Crippen LogP contribution is -2.02. The second-order valence-electron chi connectivity index (χ2n) is 5.40. The SMILES string of the molecule is Clc1cc(Nc2ccc3nnnn3n2)ccc1NCc1ccccc1. The zero-order valence-electron chi connectivity index (χ0n) is 13.1. The molecule has 0 bridgehead atoms. The van der Waals surface area contributed by atoms with Crippen molar-refractivity contribution >= 4 is 34.4 Å². The van der Waals surface area contributed by atoms with Crippen molar-refractivity contribution in [3.05, 3.63) is 71.2 Å². The second-order valence-corrected chi connectivity index (χ2v) is 5.81. The molecule has 0 aliphatic heterocycles. The van der Waals surface area contributed by atoms with Gasteiger partial charge in [-0.3, -0.25) is 0 Å². The molecule has 0 spiro atoms. The number of tetrazole rings is 1. The van der Waals surface area contributed by atoms with E-state index in [0.29, 0.717) is 23.0 Å². The number of aromatic nitrogens is 5. The molecule has 0 aliphatic rings. The van der Waals surface area contributed by atoms with Crippen LogP contribution >= 0.6 is 11.6 Å². The Bertz CT molecular complexity index is 1000. The number of halogens is 1. The van der Waals surface area contributed by atoms with Gasteiger partial charge in [0.25, 0.3) is 0 Å². The van der Waals surface area contributed by atoms with E-state index in [1.165, 1.54) is 10.2 Å². The number of benzene rings is 2. The summed E-state index contributed by atoms with van der Waals surface area (Å²) in [5.41, 5.74) is 3.49. The summed E-state index contributed by atoms with van der Waals surface area (Å²) in [5.74, 6) is 0.626. The minimum absolute atomic E-state index is 0.587. The third-order valence-electron chi connectivity index (χ3n) is 3.64. The van der Waals surface area contributed by atoms with Crippen molar-refractivity contribution in [2.45, 2.75) is 6.54 Å². The lowest BCUT2D eigenvalue weighted by atomic mass is 10.2. The Morgan fingerprint density at radius 3 is 2.72 bits per heavy atom.